The van der Waals surface area contributed by atoms with Crippen molar-refractivity contribution in [3.05, 3.63) is 29.8 Å². The third-order valence-electron chi connectivity index (χ3n) is 2.47. The minimum atomic E-state index is -1.02. The van der Waals surface area contributed by atoms with Crippen molar-refractivity contribution in [3.8, 4) is 0 Å². The molecule has 0 radical (unpaired) electrons. The molecule has 0 saturated heterocycles. The van der Waals surface area contributed by atoms with Gasteiger partial charge in [0.15, 0.2) is 0 Å². The molecular formula is C13H19N3O3. The van der Waals surface area contributed by atoms with E-state index in [-0.39, 0.29) is 12.3 Å². The number of carboxylic acid groups (broad SMARTS) is 1. The average molecular weight is 265 g/mol. The summed E-state index contributed by atoms with van der Waals surface area (Å²) in [6.07, 6.45) is 0.265. The number of nitrogens with two attached hydrogens (primary N) is 1. The minimum Gasteiger partial charge on any atom is -0.480 e. The number of rotatable bonds is 6. The second kappa shape index (κ2) is 6.86. The molecule has 0 saturated carbocycles. The number of aliphatic carboxylic acids is 1. The molecular weight excluding hydrogens is 246 g/mol. The number of carboxylic acids is 1. The van der Waals surface area contributed by atoms with Crippen LogP contribution >= 0.6 is 0 Å². The van der Waals surface area contributed by atoms with Crippen LogP contribution in [0.2, 0.25) is 0 Å². The van der Waals surface area contributed by atoms with E-state index in [1.165, 1.54) is 0 Å². The third kappa shape index (κ3) is 5.50. The first-order valence-corrected chi connectivity index (χ1v) is 5.90. The molecule has 1 aromatic carbocycles. The zero-order chi connectivity index (χ0) is 14.4. The molecule has 0 bridgehead atoms. The highest BCUT2D eigenvalue weighted by Gasteiger charge is 2.12. The summed E-state index contributed by atoms with van der Waals surface area (Å²) < 4.78 is 0. The predicted octanol–water partition coefficient (Wildman–Crippen LogP) is 0.141. The monoisotopic (exact) mass is 265 g/mol. The van der Waals surface area contributed by atoms with Crippen LogP contribution in [0.25, 0.3) is 0 Å². The van der Waals surface area contributed by atoms with Crippen LogP contribution in [0.4, 0.5) is 5.69 Å². The molecule has 0 aromatic heterocycles. The van der Waals surface area contributed by atoms with Crippen molar-refractivity contribution in [3.63, 3.8) is 0 Å². The van der Waals surface area contributed by atoms with Gasteiger partial charge in [-0.2, -0.15) is 0 Å². The Morgan fingerprint density at radius 3 is 2.37 bits per heavy atom. The van der Waals surface area contributed by atoms with Gasteiger partial charge in [-0.05, 0) is 38.2 Å². The fourth-order valence-electron chi connectivity index (χ4n) is 1.55. The first-order chi connectivity index (χ1) is 8.88. The van der Waals surface area contributed by atoms with Crippen LogP contribution < -0.4 is 11.1 Å². The maximum absolute atomic E-state index is 11.5. The minimum absolute atomic E-state index is 0.0972. The molecule has 0 aliphatic heterocycles. The van der Waals surface area contributed by atoms with E-state index in [0.717, 1.165) is 5.56 Å². The fraction of sp³-hybridized carbons (Fsp3) is 0.385. The van der Waals surface area contributed by atoms with Crippen molar-refractivity contribution in [1.82, 2.24) is 4.90 Å². The summed E-state index contributed by atoms with van der Waals surface area (Å²) >= 11 is 0. The SMILES string of the molecule is CN(C)CC(=O)Nc1ccc(C[C@H](N)C(=O)O)cc1. The van der Waals surface area contributed by atoms with E-state index in [1.54, 1.807) is 29.2 Å². The zero-order valence-electron chi connectivity index (χ0n) is 11.1. The first-order valence-electron chi connectivity index (χ1n) is 5.90. The topological polar surface area (TPSA) is 95.7 Å². The van der Waals surface area contributed by atoms with Crippen LogP contribution in [0.5, 0.6) is 0 Å². The van der Waals surface area contributed by atoms with Gasteiger partial charge in [-0.1, -0.05) is 12.1 Å². The van der Waals surface area contributed by atoms with Gasteiger partial charge in [0, 0.05) is 5.69 Å². The van der Waals surface area contributed by atoms with Crippen LogP contribution in [0, 0.1) is 0 Å². The quantitative estimate of drug-likeness (QED) is 0.680. The molecule has 104 valence electrons. The number of hydrogen-bond acceptors (Lipinski definition) is 4. The first kappa shape index (κ1) is 15.1. The molecule has 0 aliphatic carbocycles. The van der Waals surface area contributed by atoms with E-state index < -0.39 is 12.0 Å². The zero-order valence-corrected chi connectivity index (χ0v) is 11.1. The molecule has 6 heteroatoms. The van der Waals surface area contributed by atoms with Gasteiger partial charge >= 0.3 is 5.97 Å². The molecule has 0 fully saturated rings. The van der Waals surface area contributed by atoms with Crippen LogP contribution in [0.1, 0.15) is 5.56 Å². The lowest BCUT2D eigenvalue weighted by Crippen LogP contribution is -2.32. The highest BCUT2D eigenvalue weighted by molar-refractivity contribution is 5.92. The van der Waals surface area contributed by atoms with Gasteiger partial charge in [-0.25, -0.2) is 0 Å². The number of carbonyl (C=O) groups is 2. The Morgan fingerprint density at radius 2 is 1.89 bits per heavy atom. The normalized spacial score (nSPS) is 12.2. The van der Waals surface area contributed by atoms with E-state index in [2.05, 4.69) is 5.32 Å². The summed E-state index contributed by atoms with van der Waals surface area (Å²) in [5.74, 6) is -1.12. The number of nitrogens with zero attached hydrogens (tertiary/aromatic N) is 1. The number of carbonyl (C=O) groups excluding carboxylic acids is 1. The van der Waals surface area contributed by atoms with Gasteiger partial charge in [0.25, 0.3) is 0 Å². The van der Waals surface area contributed by atoms with Gasteiger partial charge in [0.1, 0.15) is 6.04 Å². The molecule has 0 aliphatic rings. The van der Waals surface area contributed by atoms with Crippen LogP contribution in [-0.4, -0.2) is 48.6 Å². The molecule has 1 amide bonds. The molecule has 1 rings (SSSR count). The van der Waals surface area contributed by atoms with E-state index in [1.807, 2.05) is 14.1 Å². The van der Waals surface area contributed by atoms with E-state index in [9.17, 15) is 9.59 Å². The lowest BCUT2D eigenvalue weighted by Gasteiger charge is -2.11. The molecule has 6 nitrogen and oxygen atoms in total. The maximum atomic E-state index is 11.5. The molecule has 1 atom stereocenters. The second-order valence-corrected chi connectivity index (χ2v) is 4.63. The largest absolute Gasteiger partial charge is 0.480 e. The Bertz CT molecular complexity index is 443. The summed E-state index contributed by atoms with van der Waals surface area (Å²) in [7, 11) is 3.63. The number of nitrogens with one attached hydrogen (secondary N) is 1. The Kier molecular flexibility index (Phi) is 5.47. The lowest BCUT2D eigenvalue weighted by molar-refractivity contribution is -0.138. The molecule has 19 heavy (non-hydrogen) atoms. The third-order valence-corrected chi connectivity index (χ3v) is 2.47. The summed E-state index contributed by atoms with van der Waals surface area (Å²) in [5.41, 5.74) is 6.95. The summed E-state index contributed by atoms with van der Waals surface area (Å²) in [4.78, 5) is 23.9. The molecule has 0 unspecified atom stereocenters. The van der Waals surface area contributed by atoms with Crippen LogP contribution in [0.3, 0.4) is 0 Å². The van der Waals surface area contributed by atoms with E-state index in [4.69, 9.17) is 10.8 Å². The second-order valence-electron chi connectivity index (χ2n) is 4.63. The van der Waals surface area contributed by atoms with Crippen molar-refractivity contribution in [1.29, 1.82) is 0 Å². The Balaban J connectivity index is 2.56. The Morgan fingerprint density at radius 1 is 1.32 bits per heavy atom. The molecule has 0 heterocycles. The van der Waals surface area contributed by atoms with Crippen molar-refractivity contribution >= 4 is 17.6 Å². The lowest BCUT2D eigenvalue weighted by atomic mass is 10.1. The number of benzene rings is 1. The average Bonchev–Trinajstić information content (AvgIpc) is 2.30. The van der Waals surface area contributed by atoms with Crippen molar-refractivity contribution < 1.29 is 14.7 Å². The highest BCUT2D eigenvalue weighted by atomic mass is 16.4. The number of hydrogen-bond donors (Lipinski definition) is 3. The van der Waals surface area contributed by atoms with Crippen molar-refractivity contribution in [2.24, 2.45) is 5.73 Å². The summed E-state index contributed by atoms with van der Waals surface area (Å²) in [5, 5.41) is 11.5. The number of amides is 1. The van der Waals surface area contributed by atoms with Crippen LogP contribution in [-0.2, 0) is 16.0 Å². The molecule has 0 spiro atoms. The van der Waals surface area contributed by atoms with Crippen molar-refractivity contribution in [2.75, 3.05) is 26.0 Å². The Hall–Kier alpha value is -1.92. The van der Waals surface area contributed by atoms with E-state index >= 15 is 0 Å². The van der Waals surface area contributed by atoms with Gasteiger partial charge in [-0.15, -0.1) is 0 Å². The fourth-order valence-corrected chi connectivity index (χ4v) is 1.55. The molecule has 4 N–H and O–H groups in total. The Labute approximate surface area is 112 Å². The van der Waals surface area contributed by atoms with Gasteiger partial charge in [-0.3, -0.25) is 9.59 Å². The standard InChI is InChI=1S/C13H19N3O3/c1-16(2)8-12(17)15-10-5-3-9(4-6-10)7-11(14)13(18)19/h3-6,11H,7-8,14H2,1-2H3,(H,15,17)(H,18,19)/t11-/m0/s1. The molecule has 1 aromatic rings. The highest BCUT2D eigenvalue weighted by Crippen LogP contribution is 2.11. The van der Waals surface area contributed by atoms with Gasteiger partial charge in [0.2, 0.25) is 5.91 Å². The predicted molar refractivity (Wildman–Crippen MR) is 72.9 cm³/mol. The van der Waals surface area contributed by atoms with Gasteiger partial charge in [0.05, 0.1) is 6.54 Å². The maximum Gasteiger partial charge on any atom is 0.320 e. The van der Waals surface area contributed by atoms with Gasteiger partial charge < -0.3 is 21.1 Å². The summed E-state index contributed by atoms with van der Waals surface area (Å²) in [6.45, 7) is 0.311. The summed E-state index contributed by atoms with van der Waals surface area (Å²) in [6, 6.07) is 6.08. The van der Waals surface area contributed by atoms with E-state index in [0.29, 0.717) is 12.2 Å². The number of likely N-dealkylation sites (N-methyl/N-ethyl adjacent to an activating group) is 1. The van der Waals surface area contributed by atoms with Crippen molar-refractivity contribution in [2.45, 2.75) is 12.5 Å². The smallest absolute Gasteiger partial charge is 0.320 e. The van der Waals surface area contributed by atoms with Crippen LogP contribution in [0.15, 0.2) is 24.3 Å². The number of anilines is 1.